The van der Waals surface area contributed by atoms with Gasteiger partial charge < -0.3 is 24.6 Å². The maximum absolute atomic E-state index is 13.6. The Balaban J connectivity index is 2.01. The van der Waals surface area contributed by atoms with Crippen molar-refractivity contribution in [2.45, 2.75) is 20.0 Å². The summed E-state index contributed by atoms with van der Waals surface area (Å²) in [5.41, 5.74) is 5.65. The zero-order chi connectivity index (χ0) is 27.9. The van der Waals surface area contributed by atoms with Crippen LogP contribution >= 0.6 is 0 Å². The number of fused-ring (bicyclic) bond motifs is 1. The number of H-pyrrole nitrogens is 1. The van der Waals surface area contributed by atoms with Crippen LogP contribution in [-0.4, -0.2) is 33.1 Å². The minimum Gasteiger partial charge on any atom is -0.455 e. The number of nitrogens with two attached hydrogens (primary N) is 1. The number of nitrogens with one attached hydrogen (secondary N) is 1. The first-order valence-electron chi connectivity index (χ1n) is 11.5. The van der Waals surface area contributed by atoms with E-state index in [0.717, 1.165) is 24.4 Å². The number of rotatable bonds is 5. The minimum atomic E-state index is -4.77. The van der Waals surface area contributed by atoms with E-state index >= 15 is 0 Å². The van der Waals surface area contributed by atoms with Gasteiger partial charge in [0.15, 0.2) is 5.75 Å². The largest absolute Gasteiger partial charge is 0.455 e. The lowest BCUT2D eigenvalue weighted by molar-refractivity contribution is -0.0572. The summed E-state index contributed by atoms with van der Waals surface area (Å²) in [4.78, 5) is 31.8. The lowest BCUT2D eigenvalue weighted by Crippen LogP contribution is -2.25. The molecule has 4 rings (SSSR count). The van der Waals surface area contributed by atoms with E-state index in [1.54, 1.807) is 7.05 Å². The number of aryl methyl sites for hydroxylation is 4. The number of hydrogen-bond acceptors (Lipinski definition) is 5. The fraction of sp³-hybridized carbons (Fsp3) is 0.222. The van der Waals surface area contributed by atoms with Crippen LogP contribution in [0.15, 0.2) is 63.5 Å². The average Bonchev–Trinajstić information content (AvgIpc) is 3.29. The third kappa shape index (κ3) is 4.62. The molecule has 0 unspecified atom stereocenters. The fourth-order valence-electron chi connectivity index (χ4n) is 4.36. The molecule has 38 heavy (non-hydrogen) atoms. The van der Waals surface area contributed by atoms with E-state index in [1.165, 1.54) is 40.7 Å². The molecule has 198 valence electrons. The van der Waals surface area contributed by atoms with Gasteiger partial charge in [0.1, 0.15) is 17.0 Å². The Bertz CT molecular complexity index is 1720. The zero-order valence-electron chi connectivity index (χ0n) is 21.4. The second-order valence-electron chi connectivity index (χ2n) is 8.90. The van der Waals surface area contributed by atoms with Crippen molar-refractivity contribution < 1.29 is 17.9 Å². The summed E-state index contributed by atoms with van der Waals surface area (Å²) in [6.45, 7) is 3.78. The van der Waals surface area contributed by atoms with E-state index in [4.69, 9.17) is 10.5 Å². The summed E-state index contributed by atoms with van der Waals surface area (Å²) in [6.07, 6.45) is -0.939. The van der Waals surface area contributed by atoms with Crippen molar-refractivity contribution >= 4 is 22.2 Å². The van der Waals surface area contributed by atoms with Crippen LogP contribution in [0.3, 0.4) is 0 Å². The molecule has 0 aliphatic carbocycles. The summed E-state index contributed by atoms with van der Waals surface area (Å²) in [6, 6.07) is 8.43. The molecule has 0 fully saturated rings. The van der Waals surface area contributed by atoms with Gasteiger partial charge in [-0.1, -0.05) is 18.2 Å². The number of aromatic amines is 1. The topological polar surface area (TPSA) is 107 Å². The predicted octanol–water partition coefficient (Wildman–Crippen LogP) is 4.57. The summed E-state index contributed by atoms with van der Waals surface area (Å²) >= 11 is 0. The number of aliphatic imine (C=N–C) groups is 1. The van der Waals surface area contributed by atoms with Crippen molar-refractivity contribution in [3.8, 4) is 22.6 Å². The lowest BCUT2D eigenvalue weighted by Gasteiger charge is -2.17. The number of alkyl halides is 3. The minimum absolute atomic E-state index is 0.0377. The third-order valence-electron chi connectivity index (χ3n) is 6.27. The Morgan fingerprint density at radius 3 is 2.29 bits per heavy atom. The first-order valence-corrected chi connectivity index (χ1v) is 11.5. The average molecular weight is 526 g/mol. The van der Waals surface area contributed by atoms with E-state index in [9.17, 15) is 22.8 Å². The zero-order valence-corrected chi connectivity index (χ0v) is 21.4. The first-order chi connectivity index (χ1) is 17.9. The molecule has 0 atom stereocenters. The Kier molecular flexibility index (Phi) is 6.79. The molecule has 0 radical (unpaired) electrons. The summed E-state index contributed by atoms with van der Waals surface area (Å²) in [5, 5.41) is 0.291. The van der Waals surface area contributed by atoms with Crippen LogP contribution in [0.4, 0.5) is 13.2 Å². The molecule has 3 aromatic heterocycles. The van der Waals surface area contributed by atoms with Crippen LogP contribution in [0.5, 0.6) is 11.5 Å². The highest BCUT2D eigenvalue weighted by atomic mass is 19.4. The summed E-state index contributed by atoms with van der Waals surface area (Å²) < 4.78 is 49.8. The van der Waals surface area contributed by atoms with E-state index in [0.29, 0.717) is 28.0 Å². The van der Waals surface area contributed by atoms with Crippen LogP contribution in [0.1, 0.15) is 16.8 Å². The van der Waals surface area contributed by atoms with Gasteiger partial charge in [-0.25, -0.2) is 0 Å². The number of ether oxygens (including phenoxy) is 1. The Morgan fingerprint density at radius 1 is 1.05 bits per heavy atom. The molecule has 0 aliphatic rings. The monoisotopic (exact) mass is 525 g/mol. The second kappa shape index (κ2) is 9.73. The van der Waals surface area contributed by atoms with Crippen LogP contribution in [0, 0.1) is 13.8 Å². The van der Waals surface area contributed by atoms with E-state index in [2.05, 4.69) is 9.98 Å². The standard InChI is InChI=1S/C27H26F3N5O3/c1-14-7-6-8-15(2)24(14)38-21-13-34(4)22(36)10-16(21)19-12-35(5)26(37)23-17(19)9-20(33-23)18(11-31)25(32-3)27(28,29)30/h6-13,33H,31H2,1-5H3. The van der Waals surface area contributed by atoms with Crippen molar-refractivity contribution in [1.29, 1.82) is 0 Å². The van der Waals surface area contributed by atoms with Crippen molar-refractivity contribution in [2.75, 3.05) is 7.05 Å². The number of pyridine rings is 2. The predicted molar refractivity (Wildman–Crippen MR) is 142 cm³/mol. The molecular weight excluding hydrogens is 499 g/mol. The third-order valence-corrected chi connectivity index (χ3v) is 6.27. The van der Waals surface area contributed by atoms with Crippen molar-refractivity contribution in [3.63, 3.8) is 0 Å². The molecule has 1 aromatic carbocycles. The smallest absolute Gasteiger partial charge is 0.433 e. The van der Waals surface area contributed by atoms with Crippen LogP contribution in [-0.2, 0) is 14.1 Å². The van der Waals surface area contributed by atoms with Gasteiger partial charge in [0, 0.05) is 61.7 Å². The second-order valence-corrected chi connectivity index (χ2v) is 8.90. The molecule has 3 N–H and O–H groups in total. The molecule has 0 aliphatic heterocycles. The first kappa shape index (κ1) is 26.5. The number of para-hydroxylation sites is 1. The highest BCUT2D eigenvalue weighted by molar-refractivity contribution is 6.26. The Labute approximate surface area is 215 Å². The Morgan fingerprint density at radius 2 is 1.71 bits per heavy atom. The van der Waals surface area contributed by atoms with E-state index in [1.807, 2.05) is 32.0 Å². The van der Waals surface area contributed by atoms with Gasteiger partial charge in [0.05, 0.1) is 11.9 Å². The number of halogens is 3. The molecule has 4 aromatic rings. The fourth-order valence-corrected chi connectivity index (χ4v) is 4.36. The molecule has 3 heterocycles. The number of hydrogen-bond donors (Lipinski definition) is 2. The van der Waals surface area contributed by atoms with Crippen molar-refractivity contribution in [1.82, 2.24) is 14.1 Å². The summed E-state index contributed by atoms with van der Waals surface area (Å²) in [7, 11) is 4.10. The van der Waals surface area contributed by atoms with Crippen LogP contribution < -0.4 is 21.6 Å². The number of nitrogens with zero attached hydrogens (tertiary/aromatic N) is 3. The summed E-state index contributed by atoms with van der Waals surface area (Å²) in [5.74, 6) is 0.929. The highest BCUT2D eigenvalue weighted by Gasteiger charge is 2.38. The van der Waals surface area contributed by atoms with Gasteiger partial charge in [-0.2, -0.15) is 13.2 Å². The van der Waals surface area contributed by atoms with Gasteiger partial charge >= 0.3 is 6.18 Å². The van der Waals surface area contributed by atoms with Crippen molar-refractivity contribution in [2.24, 2.45) is 24.8 Å². The number of aromatic nitrogens is 3. The molecule has 0 spiro atoms. The van der Waals surface area contributed by atoms with Crippen LogP contribution in [0.25, 0.3) is 27.6 Å². The van der Waals surface area contributed by atoms with Crippen LogP contribution in [0.2, 0.25) is 0 Å². The molecular formula is C27H26F3N5O3. The maximum Gasteiger partial charge on any atom is 0.433 e. The molecule has 0 saturated carbocycles. The van der Waals surface area contributed by atoms with Gasteiger partial charge in [0.2, 0.25) is 0 Å². The van der Waals surface area contributed by atoms with Gasteiger partial charge in [-0.3, -0.25) is 14.6 Å². The normalized spacial score (nSPS) is 12.8. The number of benzene rings is 1. The maximum atomic E-state index is 13.6. The molecule has 11 heteroatoms. The SMILES string of the molecule is CN=C(C(=CN)c1cc2c(-c3cc(=O)n(C)cc3Oc3c(C)cccc3C)cn(C)c(=O)c2[nH]1)C(F)(F)F. The number of allylic oxidation sites excluding steroid dienone is 1. The van der Waals surface area contributed by atoms with Gasteiger partial charge in [0.25, 0.3) is 11.1 Å². The quantitative estimate of drug-likeness (QED) is 0.372. The highest BCUT2D eigenvalue weighted by Crippen LogP contribution is 2.38. The molecule has 0 bridgehead atoms. The van der Waals surface area contributed by atoms with Gasteiger partial charge in [-0.05, 0) is 31.0 Å². The Hall–Kier alpha value is -4.54. The molecule has 0 amide bonds. The van der Waals surface area contributed by atoms with E-state index < -0.39 is 23.0 Å². The van der Waals surface area contributed by atoms with Gasteiger partial charge in [-0.15, -0.1) is 0 Å². The lowest BCUT2D eigenvalue weighted by atomic mass is 10.0. The molecule has 8 nitrogen and oxygen atoms in total. The van der Waals surface area contributed by atoms with E-state index in [-0.39, 0.29) is 16.8 Å². The molecule has 0 saturated heterocycles. The van der Waals surface area contributed by atoms with Crippen molar-refractivity contribution in [3.05, 3.63) is 86.5 Å².